The number of alkyl halides is 2. The number of carbonyl (C=O) groups excluding carboxylic acids is 2. The number of allylic oxidation sites excluding steroid dienone is 2. The summed E-state index contributed by atoms with van der Waals surface area (Å²) in [4.78, 5) is 21.7. The average Bonchev–Trinajstić information content (AvgIpc) is 2.50. The third-order valence-electron chi connectivity index (χ3n) is 2.90. The smallest absolute Gasteiger partial charge is 0.340 e. The number of benzene rings is 1. The van der Waals surface area contributed by atoms with Crippen molar-refractivity contribution < 1.29 is 14.3 Å². The summed E-state index contributed by atoms with van der Waals surface area (Å²) in [6, 6.07) is 8.43. The number of rotatable bonds is 3. The van der Waals surface area contributed by atoms with Crippen LogP contribution in [0.5, 0.6) is 0 Å². The van der Waals surface area contributed by atoms with Crippen molar-refractivity contribution in [1.82, 2.24) is 0 Å². The Morgan fingerprint density at radius 3 is 2.24 bits per heavy atom. The normalized spacial score (nSPS) is 15.8. The molecule has 0 atom stereocenters. The first-order valence-corrected chi connectivity index (χ1v) is 6.78. The highest BCUT2D eigenvalue weighted by molar-refractivity contribution is 6.52. The number of nitriles is 1. The average molecular weight is 322 g/mol. The topological polar surface area (TPSA) is 67.2 Å². The van der Waals surface area contributed by atoms with Gasteiger partial charge in [-0.05, 0) is 36.4 Å². The Bertz CT molecular complexity index is 653. The standard InChI is InChI=1S/C15H9Cl2NO3/c16-13(17)14(20)21-15(7-5-12(19)6-8-15)11-3-1-10(9-18)2-4-11/h1-8,13H. The molecule has 2 rings (SSSR count). The molecule has 106 valence electrons. The van der Waals surface area contributed by atoms with Crippen LogP contribution in [-0.4, -0.2) is 16.6 Å². The molecule has 0 radical (unpaired) electrons. The van der Waals surface area contributed by atoms with Crippen LogP contribution < -0.4 is 0 Å². The Balaban J connectivity index is 2.43. The minimum atomic E-state index is -1.33. The second kappa shape index (κ2) is 6.13. The lowest BCUT2D eigenvalue weighted by Gasteiger charge is -2.29. The Morgan fingerprint density at radius 2 is 1.76 bits per heavy atom. The molecule has 0 N–H and O–H groups in total. The fourth-order valence-electron chi connectivity index (χ4n) is 1.86. The number of ketones is 1. The van der Waals surface area contributed by atoms with Crippen LogP contribution in [0.4, 0.5) is 0 Å². The molecule has 0 amide bonds. The zero-order valence-electron chi connectivity index (χ0n) is 10.6. The predicted molar refractivity (Wildman–Crippen MR) is 77.7 cm³/mol. The largest absolute Gasteiger partial charge is 0.443 e. The van der Waals surface area contributed by atoms with E-state index in [1.165, 1.54) is 24.3 Å². The third-order valence-corrected chi connectivity index (χ3v) is 3.26. The molecule has 1 aliphatic carbocycles. The van der Waals surface area contributed by atoms with Gasteiger partial charge in [0.05, 0.1) is 11.6 Å². The molecule has 0 bridgehead atoms. The van der Waals surface area contributed by atoms with Crippen molar-refractivity contribution in [3.05, 3.63) is 59.7 Å². The maximum Gasteiger partial charge on any atom is 0.340 e. The van der Waals surface area contributed by atoms with Crippen molar-refractivity contribution in [2.45, 2.75) is 10.4 Å². The van der Waals surface area contributed by atoms with E-state index in [1.807, 2.05) is 6.07 Å². The van der Waals surface area contributed by atoms with Gasteiger partial charge in [-0.2, -0.15) is 5.26 Å². The van der Waals surface area contributed by atoms with Gasteiger partial charge in [0.15, 0.2) is 11.4 Å². The molecule has 0 aliphatic heterocycles. The number of hydrogen-bond donors (Lipinski definition) is 0. The van der Waals surface area contributed by atoms with E-state index < -0.39 is 16.4 Å². The van der Waals surface area contributed by atoms with Crippen LogP contribution >= 0.6 is 23.2 Å². The molecule has 0 fully saturated rings. The van der Waals surface area contributed by atoms with Gasteiger partial charge in [-0.3, -0.25) is 4.79 Å². The van der Waals surface area contributed by atoms with Gasteiger partial charge in [0, 0.05) is 5.56 Å². The van der Waals surface area contributed by atoms with Gasteiger partial charge in [0.2, 0.25) is 4.84 Å². The second-order valence-electron chi connectivity index (χ2n) is 4.27. The molecular formula is C15H9Cl2NO3. The summed E-state index contributed by atoms with van der Waals surface area (Å²) in [7, 11) is 0. The number of halogens is 2. The van der Waals surface area contributed by atoms with Crippen LogP contribution in [-0.2, 0) is 19.9 Å². The summed E-state index contributed by atoms with van der Waals surface area (Å²) in [5, 5.41) is 8.81. The van der Waals surface area contributed by atoms with Gasteiger partial charge in [-0.25, -0.2) is 4.79 Å². The van der Waals surface area contributed by atoms with E-state index in [2.05, 4.69) is 0 Å². The number of ether oxygens (including phenoxy) is 1. The van der Waals surface area contributed by atoms with Gasteiger partial charge in [0.1, 0.15) is 0 Å². The molecule has 4 nitrogen and oxygen atoms in total. The van der Waals surface area contributed by atoms with Crippen LogP contribution in [0.25, 0.3) is 0 Å². The molecule has 1 aromatic carbocycles. The van der Waals surface area contributed by atoms with Crippen molar-refractivity contribution in [3.63, 3.8) is 0 Å². The van der Waals surface area contributed by atoms with Crippen LogP contribution in [0.1, 0.15) is 11.1 Å². The third kappa shape index (κ3) is 3.33. The van der Waals surface area contributed by atoms with Crippen LogP contribution in [0.2, 0.25) is 0 Å². The van der Waals surface area contributed by atoms with Crippen molar-refractivity contribution in [3.8, 4) is 6.07 Å². The number of hydrogen-bond acceptors (Lipinski definition) is 4. The molecule has 0 saturated carbocycles. The predicted octanol–water partition coefficient (Wildman–Crippen LogP) is 2.80. The lowest BCUT2D eigenvalue weighted by molar-refractivity contribution is -0.150. The molecule has 0 saturated heterocycles. The van der Waals surface area contributed by atoms with Gasteiger partial charge in [0.25, 0.3) is 0 Å². The summed E-state index contributed by atoms with van der Waals surface area (Å²) in [6.07, 6.45) is 5.49. The first-order chi connectivity index (χ1) is 9.97. The Morgan fingerprint density at radius 1 is 1.19 bits per heavy atom. The van der Waals surface area contributed by atoms with Crippen molar-refractivity contribution in [2.75, 3.05) is 0 Å². The van der Waals surface area contributed by atoms with Gasteiger partial charge in [-0.15, -0.1) is 0 Å². The lowest BCUT2D eigenvalue weighted by atomic mass is 9.88. The Kier molecular flexibility index (Phi) is 4.46. The quantitative estimate of drug-likeness (QED) is 0.634. The van der Waals surface area contributed by atoms with E-state index in [-0.39, 0.29) is 5.78 Å². The summed E-state index contributed by atoms with van der Waals surface area (Å²) >= 11 is 11.0. The monoisotopic (exact) mass is 321 g/mol. The maximum atomic E-state index is 11.7. The molecule has 1 aliphatic rings. The number of carbonyl (C=O) groups is 2. The summed E-state index contributed by atoms with van der Waals surface area (Å²) < 4.78 is 5.34. The highest BCUT2D eigenvalue weighted by Crippen LogP contribution is 2.33. The second-order valence-corrected chi connectivity index (χ2v) is 5.37. The van der Waals surface area contributed by atoms with Crippen LogP contribution in [0.15, 0.2) is 48.6 Å². The molecule has 0 unspecified atom stereocenters. The van der Waals surface area contributed by atoms with Crippen molar-refractivity contribution in [2.24, 2.45) is 0 Å². The van der Waals surface area contributed by atoms with E-state index >= 15 is 0 Å². The molecule has 0 aromatic heterocycles. The fraction of sp³-hybridized carbons (Fsp3) is 0.133. The molecule has 0 spiro atoms. The first-order valence-electron chi connectivity index (χ1n) is 5.91. The van der Waals surface area contributed by atoms with E-state index in [9.17, 15) is 9.59 Å². The SMILES string of the molecule is N#Cc1ccc(C2(OC(=O)C(Cl)Cl)C=CC(=O)C=C2)cc1. The highest BCUT2D eigenvalue weighted by Gasteiger charge is 2.34. The van der Waals surface area contributed by atoms with Gasteiger partial charge >= 0.3 is 5.97 Å². The minimum Gasteiger partial charge on any atom is -0.443 e. The minimum absolute atomic E-state index is 0.219. The van der Waals surface area contributed by atoms with E-state index in [0.717, 1.165) is 0 Å². The molecule has 6 heteroatoms. The first kappa shape index (κ1) is 15.3. The van der Waals surface area contributed by atoms with Crippen LogP contribution in [0.3, 0.4) is 0 Å². The zero-order valence-corrected chi connectivity index (χ0v) is 12.1. The van der Waals surface area contributed by atoms with Gasteiger partial charge in [-0.1, -0.05) is 35.3 Å². The number of nitrogens with zero attached hydrogens (tertiary/aromatic N) is 1. The number of esters is 1. The summed E-state index contributed by atoms with van der Waals surface area (Å²) in [5.41, 5.74) is -0.224. The zero-order chi connectivity index (χ0) is 15.5. The van der Waals surface area contributed by atoms with Crippen molar-refractivity contribution >= 4 is 35.0 Å². The Labute approximate surface area is 131 Å². The summed E-state index contributed by atoms with van der Waals surface area (Å²) in [5.74, 6) is -1.05. The molecule has 1 aromatic rings. The maximum absolute atomic E-state index is 11.7. The van der Waals surface area contributed by atoms with Gasteiger partial charge < -0.3 is 4.74 Å². The van der Waals surface area contributed by atoms with Crippen LogP contribution in [0, 0.1) is 11.3 Å². The molecular weight excluding hydrogens is 313 g/mol. The molecule has 21 heavy (non-hydrogen) atoms. The van der Waals surface area contributed by atoms with E-state index in [4.69, 9.17) is 33.2 Å². The lowest BCUT2D eigenvalue weighted by Crippen LogP contribution is -2.32. The van der Waals surface area contributed by atoms with E-state index in [0.29, 0.717) is 11.1 Å². The molecule has 0 heterocycles. The fourth-order valence-corrected chi connectivity index (χ4v) is 1.95. The highest BCUT2D eigenvalue weighted by atomic mass is 35.5. The summed E-state index contributed by atoms with van der Waals surface area (Å²) in [6.45, 7) is 0. The van der Waals surface area contributed by atoms with E-state index in [1.54, 1.807) is 24.3 Å². The van der Waals surface area contributed by atoms with Crippen molar-refractivity contribution in [1.29, 1.82) is 5.26 Å². The Hall–Kier alpha value is -2.09.